The summed E-state index contributed by atoms with van der Waals surface area (Å²) in [5, 5.41) is 0. The number of methoxy groups -OCH3 is 3. The minimum atomic E-state index is -0.709. The first-order chi connectivity index (χ1) is 19.4. The van der Waals surface area contributed by atoms with Gasteiger partial charge in [-0.1, -0.05) is 59.9 Å². The smallest absolute Gasteiger partial charge is 0.338 e. The van der Waals surface area contributed by atoms with Crippen LogP contribution in [0.2, 0.25) is 0 Å². The standard InChI is InChI=1S/C31H28N2O6S/c1-19-27(30(35)38-4)28(22-11-13-23(14-12-22)39-18-20-8-6-5-7-9-20)33-29(34)26(40-31(33)32-19)17-21-10-15-24(36-2)25(16-21)37-3/h5-17,28H,18H2,1-4H3. The zero-order valence-corrected chi connectivity index (χ0v) is 23.4. The van der Waals surface area contributed by atoms with Crippen molar-refractivity contribution in [3.8, 4) is 17.2 Å². The summed E-state index contributed by atoms with van der Waals surface area (Å²) in [5.41, 5.74) is 3.11. The molecule has 0 fully saturated rings. The molecule has 0 radical (unpaired) electrons. The van der Waals surface area contributed by atoms with Crippen LogP contribution in [-0.2, 0) is 16.1 Å². The normalized spacial score (nSPS) is 14.8. The third-order valence-corrected chi connectivity index (χ3v) is 7.56. The molecule has 40 heavy (non-hydrogen) atoms. The van der Waals surface area contributed by atoms with Crippen molar-refractivity contribution in [3.05, 3.63) is 120 Å². The van der Waals surface area contributed by atoms with Crippen molar-refractivity contribution in [1.29, 1.82) is 0 Å². The molecule has 1 aliphatic rings. The third-order valence-electron chi connectivity index (χ3n) is 6.58. The van der Waals surface area contributed by atoms with Crippen LogP contribution in [0.1, 0.15) is 29.7 Å². The second-order valence-electron chi connectivity index (χ2n) is 9.03. The first-order valence-electron chi connectivity index (χ1n) is 12.5. The highest BCUT2D eigenvalue weighted by molar-refractivity contribution is 7.07. The van der Waals surface area contributed by atoms with Crippen molar-refractivity contribution in [2.24, 2.45) is 4.99 Å². The van der Waals surface area contributed by atoms with E-state index in [0.29, 0.717) is 44.5 Å². The Morgan fingerprint density at radius 1 is 0.975 bits per heavy atom. The van der Waals surface area contributed by atoms with E-state index in [-0.39, 0.29) is 5.56 Å². The number of ether oxygens (including phenoxy) is 4. The molecule has 0 spiro atoms. The van der Waals surface area contributed by atoms with E-state index in [1.54, 1.807) is 43.9 Å². The van der Waals surface area contributed by atoms with Crippen LogP contribution in [0.5, 0.6) is 17.2 Å². The molecule has 8 nitrogen and oxygen atoms in total. The number of hydrogen-bond donors (Lipinski definition) is 0. The second kappa shape index (κ2) is 11.6. The lowest BCUT2D eigenvalue weighted by Gasteiger charge is -2.24. The van der Waals surface area contributed by atoms with Crippen molar-refractivity contribution >= 4 is 23.4 Å². The molecule has 0 saturated heterocycles. The molecule has 1 aromatic heterocycles. The van der Waals surface area contributed by atoms with Gasteiger partial charge in [0.05, 0.1) is 43.2 Å². The van der Waals surface area contributed by atoms with Gasteiger partial charge in [0.2, 0.25) is 0 Å². The molecule has 4 aromatic rings. The average Bonchev–Trinajstić information content (AvgIpc) is 3.29. The van der Waals surface area contributed by atoms with Gasteiger partial charge in [0.1, 0.15) is 12.4 Å². The van der Waals surface area contributed by atoms with E-state index in [1.165, 1.54) is 18.4 Å². The molecular formula is C31H28N2O6S. The van der Waals surface area contributed by atoms with Gasteiger partial charge < -0.3 is 18.9 Å². The first kappa shape index (κ1) is 27.0. The van der Waals surface area contributed by atoms with Gasteiger partial charge in [-0.2, -0.15) is 0 Å². The van der Waals surface area contributed by atoms with Crippen LogP contribution in [0.4, 0.5) is 0 Å². The highest BCUT2D eigenvalue weighted by Crippen LogP contribution is 2.32. The number of nitrogens with zero attached hydrogens (tertiary/aromatic N) is 2. The van der Waals surface area contributed by atoms with E-state index >= 15 is 0 Å². The van der Waals surface area contributed by atoms with Crippen molar-refractivity contribution in [1.82, 2.24) is 4.57 Å². The number of fused-ring (bicyclic) bond motifs is 1. The maximum Gasteiger partial charge on any atom is 0.338 e. The molecule has 204 valence electrons. The number of rotatable bonds is 8. The molecule has 5 rings (SSSR count). The summed E-state index contributed by atoms with van der Waals surface area (Å²) < 4.78 is 23.8. The topological polar surface area (TPSA) is 88.4 Å². The fourth-order valence-electron chi connectivity index (χ4n) is 4.59. The van der Waals surface area contributed by atoms with E-state index in [4.69, 9.17) is 18.9 Å². The SMILES string of the molecule is COC(=O)C1=C(C)N=c2sc(=Cc3ccc(OC)c(OC)c3)c(=O)n2C1c1ccc(OCc2ccccc2)cc1. The van der Waals surface area contributed by atoms with Gasteiger partial charge in [0.25, 0.3) is 5.56 Å². The first-order valence-corrected chi connectivity index (χ1v) is 13.3. The lowest BCUT2D eigenvalue weighted by Crippen LogP contribution is -2.39. The van der Waals surface area contributed by atoms with Crippen LogP contribution >= 0.6 is 11.3 Å². The largest absolute Gasteiger partial charge is 0.493 e. The number of esters is 1. The molecule has 3 aromatic carbocycles. The predicted molar refractivity (Wildman–Crippen MR) is 153 cm³/mol. The molecule has 0 saturated carbocycles. The molecule has 9 heteroatoms. The minimum Gasteiger partial charge on any atom is -0.493 e. The summed E-state index contributed by atoms with van der Waals surface area (Å²) in [7, 11) is 4.45. The van der Waals surface area contributed by atoms with Crippen molar-refractivity contribution < 1.29 is 23.7 Å². The lowest BCUT2D eigenvalue weighted by atomic mass is 9.96. The van der Waals surface area contributed by atoms with Crippen LogP contribution in [0, 0.1) is 0 Å². The lowest BCUT2D eigenvalue weighted by molar-refractivity contribution is -0.136. The van der Waals surface area contributed by atoms with Gasteiger partial charge >= 0.3 is 5.97 Å². The Bertz CT molecular complexity index is 1750. The van der Waals surface area contributed by atoms with Gasteiger partial charge in [-0.05, 0) is 54.0 Å². The average molecular weight is 557 g/mol. The van der Waals surface area contributed by atoms with Crippen LogP contribution < -0.4 is 29.1 Å². The van der Waals surface area contributed by atoms with Gasteiger partial charge in [-0.25, -0.2) is 9.79 Å². The number of hydrogen-bond acceptors (Lipinski definition) is 8. The number of benzene rings is 3. The van der Waals surface area contributed by atoms with Gasteiger partial charge in [-0.3, -0.25) is 9.36 Å². The summed E-state index contributed by atoms with van der Waals surface area (Å²) in [4.78, 5) is 31.8. The number of carbonyl (C=O) groups is 1. The summed E-state index contributed by atoms with van der Waals surface area (Å²) in [5.74, 6) is 1.29. The Morgan fingerprint density at radius 3 is 2.38 bits per heavy atom. The van der Waals surface area contributed by atoms with Crippen molar-refractivity contribution in [2.75, 3.05) is 21.3 Å². The molecule has 0 amide bonds. The fraction of sp³-hybridized carbons (Fsp3) is 0.194. The third kappa shape index (κ3) is 5.28. The monoisotopic (exact) mass is 556 g/mol. The van der Waals surface area contributed by atoms with Crippen LogP contribution in [0.25, 0.3) is 6.08 Å². The Labute approximate surface area is 235 Å². The van der Waals surface area contributed by atoms with Gasteiger partial charge in [-0.15, -0.1) is 0 Å². The number of allylic oxidation sites excluding steroid dienone is 1. The van der Waals surface area contributed by atoms with E-state index in [0.717, 1.165) is 16.7 Å². The van der Waals surface area contributed by atoms with Crippen LogP contribution in [0.3, 0.4) is 0 Å². The molecular weight excluding hydrogens is 528 g/mol. The van der Waals surface area contributed by atoms with E-state index in [1.807, 2.05) is 60.7 Å². The quantitative estimate of drug-likeness (QED) is 0.305. The molecule has 1 atom stereocenters. The zero-order valence-electron chi connectivity index (χ0n) is 22.5. The Balaban J connectivity index is 1.56. The molecule has 0 aliphatic carbocycles. The highest BCUT2D eigenvalue weighted by Gasteiger charge is 2.33. The minimum absolute atomic E-state index is 0.262. The maximum absolute atomic E-state index is 13.8. The maximum atomic E-state index is 13.8. The Kier molecular flexibility index (Phi) is 7.84. The number of carbonyl (C=O) groups excluding carboxylic acids is 1. The van der Waals surface area contributed by atoms with Crippen molar-refractivity contribution in [3.63, 3.8) is 0 Å². The summed E-state index contributed by atoms with van der Waals surface area (Å²) in [6.45, 7) is 2.18. The van der Waals surface area contributed by atoms with Crippen LogP contribution in [-0.4, -0.2) is 31.9 Å². The van der Waals surface area contributed by atoms with Crippen LogP contribution in [0.15, 0.2) is 93.9 Å². The molecule has 0 N–H and O–H groups in total. The summed E-state index contributed by atoms with van der Waals surface area (Å²) in [6.07, 6.45) is 1.78. The number of aromatic nitrogens is 1. The molecule has 0 bridgehead atoms. The van der Waals surface area contributed by atoms with Crippen molar-refractivity contribution in [2.45, 2.75) is 19.6 Å². The highest BCUT2D eigenvalue weighted by atomic mass is 32.1. The molecule has 2 heterocycles. The fourth-order valence-corrected chi connectivity index (χ4v) is 5.64. The Hall–Kier alpha value is -4.63. The number of thiazole rings is 1. The zero-order chi connectivity index (χ0) is 28.2. The molecule has 1 unspecified atom stereocenters. The second-order valence-corrected chi connectivity index (χ2v) is 10.0. The van der Waals surface area contributed by atoms with Gasteiger partial charge in [0, 0.05) is 0 Å². The van der Waals surface area contributed by atoms with Gasteiger partial charge in [0.15, 0.2) is 16.3 Å². The molecule has 1 aliphatic heterocycles. The van der Waals surface area contributed by atoms with E-state index in [2.05, 4.69) is 4.99 Å². The predicted octanol–water partition coefficient (Wildman–Crippen LogP) is 4.00. The van der Waals surface area contributed by atoms with E-state index in [9.17, 15) is 9.59 Å². The summed E-state index contributed by atoms with van der Waals surface area (Å²) in [6, 6.07) is 22.0. The Morgan fingerprint density at radius 2 is 1.70 bits per heavy atom. The van der Waals surface area contributed by atoms with E-state index < -0.39 is 12.0 Å². The summed E-state index contributed by atoms with van der Waals surface area (Å²) >= 11 is 1.26.